The molecule has 0 spiro atoms. The van der Waals surface area contributed by atoms with Gasteiger partial charge in [-0.1, -0.05) is 29.3 Å². The van der Waals surface area contributed by atoms with Crippen LogP contribution in [0, 0.1) is 13.8 Å². The van der Waals surface area contributed by atoms with Crippen molar-refractivity contribution in [3.8, 4) is 0 Å². The standard InChI is InChI=1S/C16H14ClF3N2S/c1-9-3-5-13(10(2)7-9)21-15(23)22-14-6-4-11(17)8-12(14)16(18,19)20/h3-8H,1-2H3,(H2,21,22,23). The topological polar surface area (TPSA) is 24.1 Å². The molecule has 0 aromatic heterocycles. The molecule has 2 nitrogen and oxygen atoms in total. The quantitative estimate of drug-likeness (QED) is 0.665. The Morgan fingerprint density at radius 3 is 2.22 bits per heavy atom. The SMILES string of the molecule is Cc1ccc(NC(=S)Nc2ccc(Cl)cc2C(F)(F)F)c(C)c1. The fraction of sp³-hybridized carbons (Fsp3) is 0.188. The molecule has 0 aliphatic carbocycles. The van der Waals surface area contributed by atoms with Crippen molar-refractivity contribution in [1.29, 1.82) is 0 Å². The van der Waals surface area contributed by atoms with Crippen molar-refractivity contribution in [3.05, 3.63) is 58.1 Å². The van der Waals surface area contributed by atoms with Crippen LogP contribution in [0.5, 0.6) is 0 Å². The number of benzene rings is 2. The zero-order chi connectivity index (χ0) is 17.2. The molecule has 2 N–H and O–H groups in total. The molecular weight excluding hydrogens is 345 g/mol. The van der Waals surface area contributed by atoms with Crippen molar-refractivity contribution in [2.45, 2.75) is 20.0 Å². The van der Waals surface area contributed by atoms with Gasteiger partial charge in [0.15, 0.2) is 5.11 Å². The number of halogens is 4. The highest BCUT2D eigenvalue weighted by molar-refractivity contribution is 7.80. The minimum atomic E-state index is -4.53. The second kappa shape index (κ2) is 6.76. The molecule has 2 aromatic rings. The van der Waals surface area contributed by atoms with Gasteiger partial charge in [-0.05, 0) is 55.9 Å². The van der Waals surface area contributed by atoms with Gasteiger partial charge >= 0.3 is 6.18 Å². The van der Waals surface area contributed by atoms with E-state index >= 15 is 0 Å². The first-order valence-corrected chi connectivity index (χ1v) is 7.47. The van der Waals surface area contributed by atoms with Gasteiger partial charge in [-0.15, -0.1) is 0 Å². The zero-order valence-electron chi connectivity index (χ0n) is 12.4. The molecule has 0 aliphatic rings. The number of thiocarbonyl (C=S) groups is 1. The van der Waals surface area contributed by atoms with Crippen LogP contribution in [-0.2, 0) is 6.18 Å². The molecule has 2 rings (SSSR count). The molecular formula is C16H14ClF3N2S. The smallest absolute Gasteiger partial charge is 0.332 e. The normalized spacial score (nSPS) is 11.2. The lowest BCUT2D eigenvalue weighted by atomic mass is 10.1. The molecule has 7 heteroatoms. The Balaban J connectivity index is 2.21. The Hall–Kier alpha value is -1.79. The maximum Gasteiger partial charge on any atom is 0.418 e. The van der Waals surface area contributed by atoms with E-state index in [1.54, 1.807) is 0 Å². The van der Waals surface area contributed by atoms with Crippen LogP contribution in [0.2, 0.25) is 5.02 Å². The Morgan fingerprint density at radius 1 is 1.00 bits per heavy atom. The summed E-state index contributed by atoms with van der Waals surface area (Å²) in [5.74, 6) is 0. The molecule has 0 fully saturated rings. The van der Waals surface area contributed by atoms with Crippen molar-refractivity contribution in [2.75, 3.05) is 10.6 Å². The molecule has 122 valence electrons. The summed E-state index contributed by atoms with van der Waals surface area (Å²) >= 11 is 10.8. The monoisotopic (exact) mass is 358 g/mol. The van der Waals surface area contributed by atoms with E-state index in [4.69, 9.17) is 23.8 Å². The Morgan fingerprint density at radius 2 is 1.61 bits per heavy atom. The molecule has 0 amide bonds. The molecule has 0 radical (unpaired) electrons. The van der Waals surface area contributed by atoms with E-state index in [1.165, 1.54) is 12.1 Å². The van der Waals surface area contributed by atoms with Gasteiger partial charge in [-0.25, -0.2) is 0 Å². The summed E-state index contributed by atoms with van der Waals surface area (Å²) < 4.78 is 39.2. The fourth-order valence-electron chi connectivity index (χ4n) is 2.09. The summed E-state index contributed by atoms with van der Waals surface area (Å²) in [7, 11) is 0. The predicted octanol–water partition coefficient (Wildman–Crippen LogP) is 5.78. The van der Waals surface area contributed by atoms with Gasteiger partial charge in [0.05, 0.1) is 11.3 Å². The van der Waals surface area contributed by atoms with Crippen molar-refractivity contribution in [1.82, 2.24) is 0 Å². The number of alkyl halides is 3. The Bertz CT molecular complexity index is 745. The minimum absolute atomic E-state index is 0.0103. The van der Waals surface area contributed by atoms with Crippen LogP contribution in [0.1, 0.15) is 16.7 Å². The van der Waals surface area contributed by atoms with Crippen LogP contribution in [0.15, 0.2) is 36.4 Å². The van der Waals surface area contributed by atoms with Crippen molar-refractivity contribution < 1.29 is 13.2 Å². The maximum absolute atomic E-state index is 13.1. The van der Waals surface area contributed by atoms with E-state index in [0.29, 0.717) is 0 Å². The molecule has 0 bridgehead atoms. The lowest BCUT2D eigenvalue weighted by Gasteiger charge is -2.17. The average molecular weight is 359 g/mol. The van der Waals surface area contributed by atoms with Crippen molar-refractivity contribution >= 4 is 40.3 Å². The zero-order valence-corrected chi connectivity index (χ0v) is 14.0. The third kappa shape index (κ3) is 4.59. The number of rotatable bonds is 2. The van der Waals surface area contributed by atoms with Crippen LogP contribution in [0.3, 0.4) is 0 Å². The molecule has 0 saturated heterocycles. The van der Waals surface area contributed by atoms with E-state index < -0.39 is 11.7 Å². The first-order valence-electron chi connectivity index (χ1n) is 6.69. The molecule has 0 unspecified atom stereocenters. The van der Waals surface area contributed by atoms with Gasteiger partial charge in [-0.2, -0.15) is 13.2 Å². The van der Waals surface area contributed by atoms with Crippen LogP contribution in [0.25, 0.3) is 0 Å². The second-order valence-corrected chi connectivity index (χ2v) is 5.93. The highest BCUT2D eigenvalue weighted by Gasteiger charge is 2.34. The highest BCUT2D eigenvalue weighted by atomic mass is 35.5. The summed E-state index contributed by atoms with van der Waals surface area (Å²) in [5, 5.41) is 5.56. The van der Waals surface area contributed by atoms with Gasteiger partial charge in [0.2, 0.25) is 0 Å². The third-order valence-corrected chi connectivity index (χ3v) is 3.60. The number of aryl methyl sites for hydroxylation is 2. The first kappa shape index (κ1) is 17.6. The Kier molecular flexibility index (Phi) is 5.16. The number of nitrogens with one attached hydrogen (secondary N) is 2. The average Bonchev–Trinajstić information content (AvgIpc) is 2.43. The van der Waals surface area contributed by atoms with Crippen molar-refractivity contribution in [3.63, 3.8) is 0 Å². The van der Waals surface area contributed by atoms with Crippen molar-refractivity contribution in [2.24, 2.45) is 0 Å². The summed E-state index contributed by atoms with van der Waals surface area (Å²) in [4.78, 5) is 0. The Labute approximate surface area is 142 Å². The summed E-state index contributed by atoms with van der Waals surface area (Å²) in [6.45, 7) is 3.85. The van der Waals surface area contributed by atoms with Gasteiger partial charge < -0.3 is 10.6 Å². The van der Waals surface area contributed by atoms with E-state index in [9.17, 15) is 13.2 Å². The van der Waals surface area contributed by atoms with Crippen LogP contribution in [0.4, 0.5) is 24.5 Å². The fourth-order valence-corrected chi connectivity index (χ4v) is 2.48. The van der Waals surface area contributed by atoms with Crippen LogP contribution < -0.4 is 10.6 Å². The predicted molar refractivity (Wildman–Crippen MR) is 92.2 cm³/mol. The number of anilines is 2. The molecule has 23 heavy (non-hydrogen) atoms. The highest BCUT2D eigenvalue weighted by Crippen LogP contribution is 2.36. The summed E-state index contributed by atoms with van der Waals surface area (Å²) in [5.41, 5.74) is 1.75. The second-order valence-electron chi connectivity index (χ2n) is 5.09. The largest absolute Gasteiger partial charge is 0.418 e. The van der Waals surface area contributed by atoms with E-state index in [2.05, 4.69) is 10.6 Å². The molecule has 2 aromatic carbocycles. The van der Waals surface area contributed by atoms with E-state index in [0.717, 1.165) is 22.9 Å². The van der Waals surface area contributed by atoms with Crippen LogP contribution >= 0.6 is 23.8 Å². The molecule has 0 heterocycles. The van der Waals surface area contributed by atoms with Crippen LogP contribution in [-0.4, -0.2) is 5.11 Å². The molecule has 0 saturated carbocycles. The summed E-state index contributed by atoms with van der Waals surface area (Å²) in [6, 6.07) is 9.16. The van der Waals surface area contributed by atoms with E-state index in [1.807, 2.05) is 32.0 Å². The molecule has 0 aliphatic heterocycles. The van der Waals surface area contributed by atoms with Gasteiger partial charge in [0.25, 0.3) is 0 Å². The van der Waals surface area contributed by atoms with Gasteiger partial charge in [0, 0.05) is 10.7 Å². The molecule has 0 atom stereocenters. The lowest BCUT2D eigenvalue weighted by molar-refractivity contribution is -0.136. The number of hydrogen-bond donors (Lipinski definition) is 2. The van der Waals surface area contributed by atoms with E-state index in [-0.39, 0.29) is 15.8 Å². The third-order valence-electron chi connectivity index (χ3n) is 3.17. The summed E-state index contributed by atoms with van der Waals surface area (Å²) in [6.07, 6.45) is -4.53. The van der Waals surface area contributed by atoms with Gasteiger partial charge in [0.1, 0.15) is 0 Å². The lowest BCUT2D eigenvalue weighted by Crippen LogP contribution is -2.22. The number of hydrogen-bond acceptors (Lipinski definition) is 1. The maximum atomic E-state index is 13.1. The minimum Gasteiger partial charge on any atom is -0.332 e. The van der Waals surface area contributed by atoms with Gasteiger partial charge in [-0.3, -0.25) is 0 Å². The first-order chi connectivity index (χ1) is 10.7.